The summed E-state index contributed by atoms with van der Waals surface area (Å²) in [5, 5.41) is 3.63. The Bertz CT molecular complexity index is 397. The Morgan fingerprint density at radius 2 is 2.33 bits per heavy atom. The number of nitrogens with one attached hydrogen (secondary N) is 1. The van der Waals surface area contributed by atoms with E-state index >= 15 is 0 Å². The Kier molecular flexibility index (Phi) is 4.98. The molecule has 18 heavy (non-hydrogen) atoms. The molecular formula is C14H20ClFN2. The van der Waals surface area contributed by atoms with Crippen molar-refractivity contribution in [2.75, 3.05) is 26.7 Å². The number of nitrogens with zero attached hydrogens (tertiary/aromatic N) is 1. The lowest BCUT2D eigenvalue weighted by Gasteiger charge is -2.29. The van der Waals surface area contributed by atoms with Gasteiger partial charge >= 0.3 is 0 Å². The predicted molar refractivity (Wildman–Crippen MR) is 73.3 cm³/mol. The monoisotopic (exact) mass is 270 g/mol. The van der Waals surface area contributed by atoms with Gasteiger partial charge in [0.05, 0.1) is 5.02 Å². The quantitative estimate of drug-likeness (QED) is 0.905. The number of piperidine rings is 1. The van der Waals surface area contributed by atoms with Crippen molar-refractivity contribution in [3.05, 3.63) is 34.6 Å². The van der Waals surface area contributed by atoms with Crippen LogP contribution in [0.2, 0.25) is 5.02 Å². The third-order valence-corrected chi connectivity index (χ3v) is 3.76. The molecule has 0 radical (unpaired) electrons. The second-order valence-electron chi connectivity index (χ2n) is 5.15. The van der Waals surface area contributed by atoms with Crippen LogP contribution in [0.25, 0.3) is 0 Å². The van der Waals surface area contributed by atoms with E-state index in [9.17, 15) is 4.39 Å². The zero-order chi connectivity index (χ0) is 13.0. The van der Waals surface area contributed by atoms with E-state index in [0.717, 1.165) is 31.1 Å². The van der Waals surface area contributed by atoms with Gasteiger partial charge in [-0.05, 0) is 56.6 Å². The van der Waals surface area contributed by atoms with Crippen LogP contribution < -0.4 is 5.32 Å². The smallest absolute Gasteiger partial charge is 0.141 e. The van der Waals surface area contributed by atoms with Crippen LogP contribution in [-0.2, 0) is 6.54 Å². The first-order chi connectivity index (χ1) is 8.65. The summed E-state index contributed by atoms with van der Waals surface area (Å²) in [4.78, 5) is 2.38. The van der Waals surface area contributed by atoms with Crippen molar-refractivity contribution in [3.63, 3.8) is 0 Å². The number of likely N-dealkylation sites (tertiary alicyclic amines) is 1. The second kappa shape index (κ2) is 6.50. The van der Waals surface area contributed by atoms with E-state index in [1.54, 1.807) is 12.1 Å². The van der Waals surface area contributed by atoms with Gasteiger partial charge in [0, 0.05) is 13.1 Å². The Balaban J connectivity index is 1.76. The molecule has 1 fully saturated rings. The molecular weight excluding hydrogens is 251 g/mol. The normalized spacial score (nSPS) is 21.2. The van der Waals surface area contributed by atoms with Gasteiger partial charge < -0.3 is 10.2 Å². The predicted octanol–water partition coefficient (Wildman–Crippen LogP) is 2.91. The van der Waals surface area contributed by atoms with Crippen LogP contribution in [0, 0.1) is 11.7 Å². The van der Waals surface area contributed by atoms with Gasteiger partial charge in [-0.15, -0.1) is 0 Å². The zero-order valence-corrected chi connectivity index (χ0v) is 11.5. The second-order valence-corrected chi connectivity index (χ2v) is 5.56. The van der Waals surface area contributed by atoms with E-state index in [1.807, 2.05) is 0 Å². The number of benzene rings is 1. The maximum Gasteiger partial charge on any atom is 0.141 e. The molecule has 2 rings (SSSR count). The van der Waals surface area contributed by atoms with Gasteiger partial charge in [-0.3, -0.25) is 0 Å². The molecule has 0 spiro atoms. The fourth-order valence-electron chi connectivity index (χ4n) is 2.51. The molecule has 1 aromatic rings. The highest BCUT2D eigenvalue weighted by atomic mass is 35.5. The van der Waals surface area contributed by atoms with Gasteiger partial charge in [0.15, 0.2) is 0 Å². The summed E-state index contributed by atoms with van der Waals surface area (Å²) in [6, 6.07) is 4.89. The first-order valence-corrected chi connectivity index (χ1v) is 6.86. The SMILES string of the molecule is CN1CCCC(CNCc2ccc(F)c(Cl)c2)C1. The van der Waals surface area contributed by atoms with Gasteiger partial charge in [0.2, 0.25) is 0 Å². The average molecular weight is 271 g/mol. The van der Waals surface area contributed by atoms with E-state index in [0.29, 0.717) is 0 Å². The van der Waals surface area contributed by atoms with Gasteiger partial charge in [-0.1, -0.05) is 17.7 Å². The van der Waals surface area contributed by atoms with Gasteiger partial charge in [-0.2, -0.15) is 0 Å². The minimum absolute atomic E-state index is 0.201. The van der Waals surface area contributed by atoms with E-state index in [2.05, 4.69) is 17.3 Å². The van der Waals surface area contributed by atoms with Gasteiger partial charge in [0.1, 0.15) is 5.82 Å². The minimum atomic E-state index is -0.352. The summed E-state index contributed by atoms with van der Waals surface area (Å²) >= 11 is 5.75. The van der Waals surface area contributed by atoms with E-state index in [-0.39, 0.29) is 10.8 Å². The maximum atomic E-state index is 13.0. The number of halogens is 2. The lowest BCUT2D eigenvalue weighted by atomic mass is 9.98. The van der Waals surface area contributed by atoms with Crippen molar-refractivity contribution in [1.29, 1.82) is 0 Å². The number of hydrogen-bond donors (Lipinski definition) is 1. The molecule has 1 N–H and O–H groups in total. The van der Waals surface area contributed by atoms with Crippen LogP contribution in [0.5, 0.6) is 0 Å². The van der Waals surface area contributed by atoms with Crippen molar-refractivity contribution >= 4 is 11.6 Å². The lowest BCUT2D eigenvalue weighted by molar-refractivity contribution is 0.206. The van der Waals surface area contributed by atoms with Crippen LogP contribution in [-0.4, -0.2) is 31.6 Å². The third-order valence-electron chi connectivity index (χ3n) is 3.47. The maximum absolute atomic E-state index is 13.0. The standard InChI is InChI=1S/C14H20ClFN2/c1-18-6-2-3-12(10-18)9-17-8-11-4-5-14(16)13(15)7-11/h4-5,7,12,17H,2-3,6,8-10H2,1H3. The molecule has 4 heteroatoms. The molecule has 0 aromatic heterocycles. The third kappa shape index (κ3) is 3.94. The summed E-state index contributed by atoms with van der Waals surface area (Å²) in [6.45, 7) is 4.14. The number of rotatable bonds is 4. The Morgan fingerprint density at radius 1 is 1.50 bits per heavy atom. The molecule has 1 atom stereocenters. The Morgan fingerprint density at radius 3 is 3.06 bits per heavy atom. The summed E-state index contributed by atoms with van der Waals surface area (Å²) in [5.41, 5.74) is 1.03. The molecule has 1 aliphatic rings. The molecule has 1 aliphatic heterocycles. The Hall–Kier alpha value is -0.640. The molecule has 2 nitrogen and oxygen atoms in total. The summed E-state index contributed by atoms with van der Waals surface area (Å²) in [6.07, 6.45) is 2.58. The fraction of sp³-hybridized carbons (Fsp3) is 0.571. The summed E-state index contributed by atoms with van der Waals surface area (Å²) < 4.78 is 13.0. The minimum Gasteiger partial charge on any atom is -0.312 e. The lowest BCUT2D eigenvalue weighted by Crippen LogP contribution is -2.37. The molecule has 0 aliphatic carbocycles. The Labute approximate surface area is 113 Å². The fourth-order valence-corrected chi connectivity index (χ4v) is 2.71. The average Bonchev–Trinajstić information content (AvgIpc) is 2.34. The zero-order valence-electron chi connectivity index (χ0n) is 10.8. The summed E-state index contributed by atoms with van der Waals surface area (Å²) in [5.74, 6) is 0.369. The van der Waals surface area contributed by atoms with Crippen molar-refractivity contribution in [2.24, 2.45) is 5.92 Å². The first kappa shape index (κ1) is 13.8. The van der Waals surface area contributed by atoms with Crippen LogP contribution in [0.1, 0.15) is 18.4 Å². The molecule has 1 heterocycles. The van der Waals surface area contributed by atoms with Crippen molar-refractivity contribution in [3.8, 4) is 0 Å². The molecule has 0 saturated carbocycles. The first-order valence-electron chi connectivity index (χ1n) is 6.48. The molecule has 1 saturated heterocycles. The topological polar surface area (TPSA) is 15.3 Å². The van der Waals surface area contributed by atoms with Crippen molar-refractivity contribution in [1.82, 2.24) is 10.2 Å². The van der Waals surface area contributed by atoms with E-state index < -0.39 is 0 Å². The van der Waals surface area contributed by atoms with E-state index in [4.69, 9.17) is 11.6 Å². The molecule has 1 unspecified atom stereocenters. The van der Waals surface area contributed by atoms with Crippen LogP contribution in [0.4, 0.5) is 4.39 Å². The van der Waals surface area contributed by atoms with Crippen molar-refractivity contribution in [2.45, 2.75) is 19.4 Å². The van der Waals surface area contributed by atoms with Crippen LogP contribution in [0.3, 0.4) is 0 Å². The largest absolute Gasteiger partial charge is 0.312 e. The highest BCUT2D eigenvalue weighted by Gasteiger charge is 2.16. The summed E-state index contributed by atoms with van der Waals surface area (Å²) in [7, 11) is 2.17. The van der Waals surface area contributed by atoms with Crippen LogP contribution >= 0.6 is 11.6 Å². The molecule has 100 valence electrons. The van der Waals surface area contributed by atoms with Crippen molar-refractivity contribution < 1.29 is 4.39 Å². The highest BCUT2D eigenvalue weighted by Crippen LogP contribution is 2.17. The highest BCUT2D eigenvalue weighted by molar-refractivity contribution is 6.30. The van der Waals surface area contributed by atoms with Gasteiger partial charge in [-0.25, -0.2) is 4.39 Å². The van der Waals surface area contributed by atoms with Gasteiger partial charge in [0.25, 0.3) is 0 Å². The molecule has 0 amide bonds. The molecule has 0 bridgehead atoms. The number of hydrogen-bond acceptors (Lipinski definition) is 2. The van der Waals surface area contributed by atoms with E-state index in [1.165, 1.54) is 25.5 Å². The van der Waals surface area contributed by atoms with Crippen LogP contribution in [0.15, 0.2) is 18.2 Å². The molecule has 1 aromatic carbocycles.